The lowest BCUT2D eigenvalue weighted by molar-refractivity contribution is -0.136. The molecule has 0 radical (unpaired) electrons. The average Bonchev–Trinajstić information content (AvgIpc) is 2.62. The summed E-state index contributed by atoms with van der Waals surface area (Å²) in [5, 5.41) is 7.41. The molecule has 1 aromatic carbocycles. The minimum absolute atomic E-state index is 0.110. The number of fused-ring (bicyclic) bond motifs is 1. The first-order valence-electron chi connectivity index (χ1n) is 8.62. The van der Waals surface area contributed by atoms with Crippen molar-refractivity contribution in [3.8, 4) is 0 Å². The Labute approximate surface area is 141 Å². The molecule has 1 saturated carbocycles. The van der Waals surface area contributed by atoms with E-state index in [0.717, 1.165) is 36.5 Å². The Morgan fingerprint density at radius 1 is 1.21 bits per heavy atom. The molecule has 0 spiro atoms. The van der Waals surface area contributed by atoms with Crippen molar-refractivity contribution in [1.82, 2.24) is 10.3 Å². The Bertz CT molecular complexity index is 739. The van der Waals surface area contributed by atoms with Crippen LogP contribution >= 0.6 is 0 Å². The molecule has 0 unspecified atom stereocenters. The summed E-state index contributed by atoms with van der Waals surface area (Å²) in [6.45, 7) is 2.18. The molecule has 0 saturated heterocycles. The van der Waals surface area contributed by atoms with E-state index in [1.54, 1.807) is 18.5 Å². The molecule has 5 heteroatoms. The van der Waals surface area contributed by atoms with Crippen LogP contribution in [0.3, 0.4) is 0 Å². The van der Waals surface area contributed by atoms with Gasteiger partial charge in [-0.05, 0) is 30.9 Å². The average molecular weight is 325 g/mol. The topological polar surface area (TPSA) is 71.1 Å². The number of rotatable bonds is 3. The maximum atomic E-state index is 12.2. The third-order valence-corrected chi connectivity index (χ3v) is 4.83. The molecule has 2 N–H and O–H groups in total. The van der Waals surface area contributed by atoms with Gasteiger partial charge in [0.1, 0.15) is 0 Å². The Kier molecular flexibility index (Phi) is 5.08. The SMILES string of the molecule is CC[C@@H]1CCC[C@@H](NC(=O)C(=O)Nc2cccc3cnccc23)C1. The van der Waals surface area contributed by atoms with E-state index in [1.807, 2.05) is 18.2 Å². The minimum Gasteiger partial charge on any atom is -0.345 e. The Morgan fingerprint density at radius 3 is 2.92 bits per heavy atom. The predicted octanol–water partition coefficient (Wildman–Crippen LogP) is 3.26. The zero-order valence-electron chi connectivity index (χ0n) is 13.9. The summed E-state index contributed by atoms with van der Waals surface area (Å²) in [5.74, 6) is -0.515. The van der Waals surface area contributed by atoms with Gasteiger partial charge >= 0.3 is 11.8 Å². The molecule has 2 amide bonds. The van der Waals surface area contributed by atoms with Crippen molar-refractivity contribution in [2.45, 2.75) is 45.1 Å². The Morgan fingerprint density at radius 2 is 2.08 bits per heavy atom. The van der Waals surface area contributed by atoms with Gasteiger partial charge < -0.3 is 10.6 Å². The number of amides is 2. The second kappa shape index (κ2) is 7.43. The van der Waals surface area contributed by atoms with Crippen molar-refractivity contribution in [1.29, 1.82) is 0 Å². The van der Waals surface area contributed by atoms with Crippen molar-refractivity contribution < 1.29 is 9.59 Å². The molecular formula is C19H23N3O2. The highest BCUT2D eigenvalue weighted by Crippen LogP contribution is 2.26. The van der Waals surface area contributed by atoms with E-state index >= 15 is 0 Å². The van der Waals surface area contributed by atoms with Crippen LogP contribution in [0.1, 0.15) is 39.0 Å². The first-order chi connectivity index (χ1) is 11.7. The molecule has 0 bridgehead atoms. The zero-order valence-corrected chi connectivity index (χ0v) is 13.9. The Balaban J connectivity index is 1.64. The highest BCUT2D eigenvalue weighted by Gasteiger charge is 2.24. The van der Waals surface area contributed by atoms with Gasteiger partial charge in [0.05, 0.1) is 0 Å². The van der Waals surface area contributed by atoms with Crippen LogP contribution in [0.2, 0.25) is 0 Å². The largest absolute Gasteiger partial charge is 0.345 e. The smallest absolute Gasteiger partial charge is 0.313 e. The predicted molar refractivity (Wildman–Crippen MR) is 94.6 cm³/mol. The van der Waals surface area contributed by atoms with Gasteiger partial charge in [-0.15, -0.1) is 0 Å². The normalized spacial score (nSPS) is 20.5. The van der Waals surface area contributed by atoms with Crippen molar-refractivity contribution in [2.75, 3.05) is 5.32 Å². The molecule has 24 heavy (non-hydrogen) atoms. The molecule has 1 heterocycles. The van der Waals surface area contributed by atoms with Crippen molar-refractivity contribution in [3.63, 3.8) is 0 Å². The maximum Gasteiger partial charge on any atom is 0.313 e. The van der Waals surface area contributed by atoms with Gasteiger partial charge in [-0.25, -0.2) is 0 Å². The number of hydrogen-bond donors (Lipinski definition) is 2. The van der Waals surface area contributed by atoms with Crippen molar-refractivity contribution in [2.24, 2.45) is 5.92 Å². The number of aromatic nitrogens is 1. The number of pyridine rings is 1. The molecule has 2 atom stereocenters. The van der Waals surface area contributed by atoms with Gasteiger partial charge in [-0.1, -0.05) is 38.3 Å². The lowest BCUT2D eigenvalue weighted by Gasteiger charge is -2.28. The van der Waals surface area contributed by atoms with E-state index in [2.05, 4.69) is 22.5 Å². The van der Waals surface area contributed by atoms with Gasteiger partial charge in [-0.2, -0.15) is 0 Å². The fraction of sp³-hybridized carbons (Fsp3) is 0.421. The van der Waals surface area contributed by atoms with Crippen LogP contribution in [0, 0.1) is 5.92 Å². The summed E-state index contributed by atoms with van der Waals surface area (Å²) in [4.78, 5) is 28.5. The van der Waals surface area contributed by atoms with E-state index in [1.165, 1.54) is 6.42 Å². The fourth-order valence-corrected chi connectivity index (χ4v) is 3.45. The highest BCUT2D eigenvalue weighted by molar-refractivity contribution is 6.40. The summed E-state index contributed by atoms with van der Waals surface area (Å²) in [6, 6.07) is 7.49. The first-order valence-corrected chi connectivity index (χ1v) is 8.62. The van der Waals surface area contributed by atoms with E-state index in [9.17, 15) is 9.59 Å². The number of carbonyl (C=O) groups is 2. The van der Waals surface area contributed by atoms with Gasteiger partial charge in [0.25, 0.3) is 0 Å². The molecule has 2 aromatic rings. The van der Waals surface area contributed by atoms with Gasteiger partial charge in [0, 0.05) is 34.9 Å². The van der Waals surface area contributed by atoms with Crippen LogP contribution in [0.5, 0.6) is 0 Å². The Hall–Kier alpha value is -2.43. The number of benzene rings is 1. The number of nitrogens with zero attached hydrogens (tertiary/aromatic N) is 1. The quantitative estimate of drug-likeness (QED) is 0.851. The van der Waals surface area contributed by atoms with E-state index < -0.39 is 11.8 Å². The second-order valence-electron chi connectivity index (χ2n) is 6.47. The van der Waals surface area contributed by atoms with E-state index in [-0.39, 0.29) is 6.04 Å². The number of nitrogens with one attached hydrogen (secondary N) is 2. The molecule has 1 aliphatic rings. The van der Waals surface area contributed by atoms with Crippen LogP contribution in [0.15, 0.2) is 36.7 Å². The van der Waals surface area contributed by atoms with Crippen LogP contribution in [0.4, 0.5) is 5.69 Å². The van der Waals surface area contributed by atoms with E-state index in [0.29, 0.717) is 11.6 Å². The van der Waals surface area contributed by atoms with Crippen molar-refractivity contribution >= 4 is 28.3 Å². The lowest BCUT2D eigenvalue weighted by atomic mass is 9.84. The van der Waals surface area contributed by atoms with Gasteiger partial charge in [-0.3, -0.25) is 14.6 Å². The third kappa shape index (κ3) is 3.72. The summed E-state index contributed by atoms with van der Waals surface area (Å²) >= 11 is 0. The zero-order chi connectivity index (χ0) is 16.9. The summed E-state index contributed by atoms with van der Waals surface area (Å²) in [6.07, 6.45) is 8.79. The summed E-state index contributed by atoms with van der Waals surface area (Å²) < 4.78 is 0. The van der Waals surface area contributed by atoms with Crippen LogP contribution in [-0.2, 0) is 9.59 Å². The molecule has 5 nitrogen and oxygen atoms in total. The highest BCUT2D eigenvalue weighted by atomic mass is 16.2. The first kappa shape index (κ1) is 16.4. The van der Waals surface area contributed by atoms with Crippen LogP contribution in [-0.4, -0.2) is 22.8 Å². The molecular weight excluding hydrogens is 302 g/mol. The number of hydrogen-bond acceptors (Lipinski definition) is 3. The molecule has 0 aliphatic heterocycles. The summed E-state index contributed by atoms with van der Waals surface area (Å²) in [5.41, 5.74) is 0.630. The minimum atomic E-state index is -0.613. The molecule has 126 valence electrons. The lowest BCUT2D eigenvalue weighted by Crippen LogP contribution is -2.43. The molecule has 3 rings (SSSR count). The second-order valence-corrected chi connectivity index (χ2v) is 6.47. The standard InChI is InChI=1S/C19H23N3O2/c1-2-13-5-3-7-15(11-13)21-18(23)19(24)22-17-8-4-6-14-12-20-10-9-16(14)17/h4,6,8-10,12-13,15H,2-3,5,7,11H2,1H3,(H,21,23)(H,22,24)/t13-,15-/m1/s1. The fourth-order valence-electron chi connectivity index (χ4n) is 3.45. The van der Waals surface area contributed by atoms with Crippen molar-refractivity contribution in [3.05, 3.63) is 36.7 Å². The van der Waals surface area contributed by atoms with Crippen LogP contribution < -0.4 is 10.6 Å². The van der Waals surface area contributed by atoms with Crippen LogP contribution in [0.25, 0.3) is 10.8 Å². The number of anilines is 1. The molecule has 1 aromatic heterocycles. The maximum absolute atomic E-state index is 12.2. The third-order valence-electron chi connectivity index (χ3n) is 4.83. The van der Waals surface area contributed by atoms with Gasteiger partial charge in [0.15, 0.2) is 0 Å². The molecule has 1 fully saturated rings. The summed E-state index contributed by atoms with van der Waals surface area (Å²) in [7, 11) is 0. The monoisotopic (exact) mass is 325 g/mol. The molecule has 1 aliphatic carbocycles. The van der Waals surface area contributed by atoms with E-state index in [4.69, 9.17) is 0 Å². The number of carbonyl (C=O) groups excluding carboxylic acids is 2. The van der Waals surface area contributed by atoms with Gasteiger partial charge in [0.2, 0.25) is 0 Å².